The van der Waals surface area contributed by atoms with Gasteiger partial charge in [-0.3, -0.25) is 14.6 Å². The average molecular weight is 501 g/mol. The zero-order valence-electron chi connectivity index (χ0n) is 21.1. The van der Waals surface area contributed by atoms with Crippen molar-refractivity contribution in [2.45, 2.75) is 45.1 Å². The minimum atomic E-state index is -0.841. The van der Waals surface area contributed by atoms with Gasteiger partial charge in [-0.25, -0.2) is 4.98 Å². The highest BCUT2D eigenvalue weighted by Crippen LogP contribution is 2.35. The van der Waals surface area contributed by atoms with Crippen LogP contribution in [-0.4, -0.2) is 47.4 Å². The average Bonchev–Trinajstić information content (AvgIpc) is 3.32. The first kappa shape index (κ1) is 26.2. The molecule has 37 heavy (non-hydrogen) atoms. The standard InChI is InChI=1S/C27H32BN5O4/c1-18(2)14-25(28-36-23-9-8-20(10-11-29)16-24(23)37-28)33-26(34)21(15-19-6-4-3-5-7-19)32-27(35)22-17-30-12-13-31-22/h3-9,12-13,16-18,21,25H,10-11,14-15,29H2,1-2H3,(H,32,35)(H,33,34)/t21?,25-/m0/s1. The highest BCUT2D eigenvalue weighted by atomic mass is 16.6. The number of aromatic nitrogens is 2. The lowest BCUT2D eigenvalue weighted by Gasteiger charge is -2.25. The molecule has 1 aliphatic rings. The smallest absolute Gasteiger partial charge is 0.522 e. The lowest BCUT2D eigenvalue weighted by atomic mass is 9.74. The quantitative estimate of drug-likeness (QED) is 0.344. The zero-order chi connectivity index (χ0) is 26.2. The molecule has 2 aromatic carbocycles. The van der Waals surface area contributed by atoms with Crippen molar-refractivity contribution >= 4 is 18.9 Å². The van der Waals surface area contributed by atoms with Crippen LogP contribution in [0, 0.1) is 5.92 Å². The largest absolute Gasteiger partial charge is 0.618 e. The third kappa shape index (κ3) is 7.07. The summed E-state index contributed by atoms with van der Waals surface area (Å²) in [5.74, 6) is 0.276. The fraction of sp³-hybridized carbons (Fsp3) is 0.333. The van der Waals surface area contributed by atoms with Crippen LogP contribution >= 0.6 is 0 Å². The van der Waals surface area contributed by atoms with E-state index >= 15 is 0 Å². The van der Waals surface area contributed by atoms with E-state index in [0.29, 0.717) is 30.9 Å². The summed E-state index contributed by atoms with van der Waals surface area (Å²) >= 11 is 0. The Labute approximate surface area is 217 Å². The second-order valence-electron chi connectivity index (χ2n) is 9.47. The number of fused-ring (bicyclic) bond motifs is 1. The number of rotatable bonds is 11. The van der Waals surface area contributed by atoms with Crippen molar-refractivity contribution in [1.29, 1.82) is 0 Å². The number of nitrogens with zero attached hydrogens (tertiary/aromatic N) is 2. The molecule has 0 bridgehead atoms. The van der Waals surface area contributed by atoms with Crippen molar-refractivity contribution in [3.8, 4) is 11.5 Å². The first-order valence-corrected chi connectivity index (χ1v) is 12.5. The van der Waals surface area contributed by atoms with Gasteiger partial charge in [0.05, 0.1) is 12.1 Å². The Balaban J connectivity index is 1.51. The van der Waals surface area contributed by atoms with Crippen LogP contribution in [-0.2, 0) is 17.6 Å². The number of amides is 2. The Morgan fingerprint density at radius 1 is 1.00 bits per heavy atom. The van der Waals surface area contributed by atoms with E-state index < -0.39 is 25.0 Å². The third-order valence-electron chi connectivity index (χ3n) is 6.01. The molecule has 0 fully saturated rings. The predicted octanol–water partition coefficient (Wildman–Crippen LogP) is 2.35. The SMILES string of the molecule is CC(C)C[C@H](NC(=O)C(Cc1ccccc1)NC(=O)c1cnccn1)B1Oc2ccc(CCN)cc2O1. The van der Waals surface area contributed by atoms with Gasteiger partial charge in [0, 0.05) is 18.8 Å². The van der Waals surface area contributed by atoms with Gasteiger partial charge in [0.2, 0.25) is 5.91 Å². The molecule has 0 aliphatic carbocycles. The molecule has 1 aromatic heterocycles. The monoisotopic (exact) mass is 501 g/mol. The molecule has 2 atom stereocenters. The van der Waals surface area contributed by atoms with E-state index in [0.717, 1.165) is 17.5 Å². The molecule has 3 aromatic rings. The van der Waals surface area contributed by atoms with E-state index in [1.54, 1.807) is 0 Å². The van der Waals surface area contributed by atoms with E-state index in [4.69, 9.17) is 15.0 Å². The van der Waals surface area contributed by atoms with Gasteiger partial charge in [0.1, 0.15) is 23.2 Å². The predicted molar refractivity (Wildman–Crippen MR) is 141 cm³/mol. The first-order chi connectivity index (χ1) is 17.9. The van der Waals surface area contributed by atoms with Crippen LogP contribution < -0.4 is 25.7 Å². The van der Waals surface area contributed by atoms with Crippen LogP contribution in [0.15, 0.2) is 67.1 Å². The molecule has 0 radical (unpaired) electrons. The van der Waals surface area contributed by atoms with Gasteiger partial charge in [-0.2, -0.15) is 0 Å². The minimum Gasteiger partial charge on any atom is -0.522 e. The summed E-state index contributed by atoms with van der Waals surface area (Å²) in [6.07, 6.45) is 5.95. The van der Waals surface area contributed by atoms with Gasteiger partial charge in [0.25, 0.3) is 5.91 Å². The second kappa shape index (κ2) is 12.4. The highest BCUT2D eigenvalue weighted by Gasteiger charge is 2.42. The van der Waals surface area contributed by atoms with E-state index in [-0.39, 0.29) is 17.5 Å². The molecular weight excluding hydrogens is 469 g/mol. The molecule has 1 unspecified atom stereocenters. The number of benzene rings is 2. The maximum atomic E-state index is 13.6. The molecule has 4 rings (SSSR count). The molecular formula is C27H32BN5O4. The number of nitrogens with two attached hydrogens (primary N) is 1. The van der Waals surface area contributed by atoms with Crippen LogP contribution in [0.25, 0.3) is 0 Å². The second-order valence-corrected chi connectivity index (χ2v) is 9.47. The molecule has 4 N–H and O–H groups in total. The third-order valence-corrected chi connectivity index (χ3v) is 6.01. The van der Waals surface area contributed by atoms with Crippen molar-refractivity contribution < 1.29 is 18.9 Å². The van der Waals surface area contributed by atoms with E-state index in [2.05, 4.69) is 34.4 Å². The maximum absolute atomic E-state index is 13.6. The molecule has 10 heteroatoms. The molecule has 1 aliphatic heterocycles. The maximum Gasteiger partial charge on any atom is 0.618 e. The van der Waals surface area contributed by atoms with Gasteiger partial charge >= 0.3 is 7.12 Å². The van der Waals surface area contributed by atoms with Crippen LogP contribution in [0.3, 0.4) is 0 Å². The summed E-state index contributed by atoms with van der Waals surface area (Å²) in [7, 11) is -0.692. The molecule has 2 amide bonds. The Morgan fingerprint density at radius 3 is 2.49 bits per heavy atom. The van der Waals surface area contributed by atoms with Crippen LogP contribution in [0.5, 0.6) is 11.5 Å². The van der Waals surface area contributed by atoms with Crippen molar-refractivity contribution in [1.82, 2.24) is 20.6 Å². The first-order valence-electron chi connectivity index (χ1n) is 12.5. The summed E-state index contributed by atoms with van der Waals surface area (Å²) in [5, 5.41) is 5.90. The van der Waals surface area contributed by atoms with Crippen LogP contribution in [0.1, 0.15) is 41.9 Å². The number of hydrogen-bond donors (Lipinski definition) is 3. The number of carbonyl (C=O) groups is 2. The fourth-order valence-electron chi connectivity index (χ4n) is 4.24. The summed E-state index contributed by atoms with van der Waals surface area (Å²) in [5.41, 5.74) is 7.80. The van der Waals surface area contributed by atoms with E-state index in [1.165, 1.54) is 18.6 Å². The Morgan fingerprint density at radius 2 is 1.78 bits per heavy atom. The topological polar surface area (TPSA) is 128 Å². The number of carbonyl (C=O) groups excluding carboxylic acids is 2. The normalized spacial score (nSPS) is 13.8. The van der Waals surface area contributed by atoms with Gasteiger partial charge < -0.3 is 25.7 Å². The Hall–Kier alpha value is -3.92. The van der Waals surface area contributed by atoms with Crippen molar-refractivity contribution in [2.75, 3.05) is 6.54 Å². The number of nitrogens with one attached hydrogen (secondary N) is 2. The summed E-state index contributed by atoms with van der Waals surface area (Å²) in [4.78, 5) is 34.4. The fourth-order valence-corrected chi connectivity index (χ4v) is 4.24. The summed E-state index contributed by atoms with van der Waals surface area (Å²) < 4.78 is 12.2. The zero-order valence-corrected chi connectivity index (χ0v) is 21.1. The summed E-state index contributed by atoms with van der Waals surface area (Å²) in [6.45, 7) is 4.67. The Bertz CT molecular complexity index is 1200. The molecule has 0 saturated heterocycles. The van der Waals surface area contributed by atoms with Crippen LogP contribution in [0.2, 0.25) is 0 Å². The molecule has 192 valence electrons. The Kier molecular flexibility index (Phi) is 8.74. The molecule has 0 saturated carbocycles. The van der Waals surface area contributed by atoms with Crippen molar-refractivity contribution in [3.05, 3.63) is 83.9 Å². The van der Waals surface area contributed by atoms with E-state index in [1.807, 2.05) is 48.5 Å². The van der Waals surface area contributed by atoms with Gasteiger partial charge in [0.15, 0.2) is 0 Å². The van der Waals surface area contributed by atoms with Gasteiger partial charge in [-0.05, 0) is 48.6 Å². The lowest BCUT2D eigenvalue weighted by Crippen LogP contribution is -2.57. The molecule has 9 nitrogen and oxygen atoms in total. The van der Waals surface area contributed by atoms with Crippen molar-refractivity contribution in [3.63, 3.8) is 0 Å². The molecule has 0 spiro atoms. The van der Waals surface area contributed by atoms with Crippen LogP contribution in [0.4, 0.5) is 0 Å². The number of hydrogen-bond acceptors (Lipinski definition) is 7. The minimum absolute atomic E-state index is 0.137. The highest BCUT2D eigenvalue weighted by molar-refractivity contribution is 6.50. The van der Waals surface area contributed by atoms with Gasteiger partial charge in [-0.1, -0.05) is 50.2 Å². The molecule has 2 heterocycles. The lowest BCUT2D eigenvalue weighted by molar-refractivity contribution is -0.123. The van der Waals surface area contributed by atoms with Crippen molar-refractivity contribution in [2.24, 2.45) is 11.7 Å². The van der Waals surface area contributed by atoms with E-state index in [9.17, 15) is 9.59 Å². The van der Waals surface area contributed by atoms with Gasteiger partial charge in [-0.15, -0.1) is 0 Å². The summed E-state index contributed by atoms with van der Waals surface area (Å²) in [6, 6.07) is 14.4.